The number of hydrogen-bond acceptors (Lipinski definition) is 5. The zero-order valence-electron chi connectivity index (χ0n) is 17.7. The van der Waals surface area contributed by atoms with E-state index in [1.807, 2.05) is 6.92 Å². The second-order valence-corrected chi connectivity index (χ2v) is 8.18. The highest BCUT2D eigenvalue weighted by Gasteiger charge is 2.32. The molecule has 0 spiro atoms. The molecule has 1 unspecified atom stereocenters. The molecule has 0 aliphatic carbocycles. The summed E-state index contributed by atoms with van der Waals surface area (Å²) >= 11 is 0. The Hall–Kier alpha value is -2.46. The lowest BCUT2D eigenvalue weighted by Gasteiger charge is -2.35. The number of likely N-dealkylation sites (N-methyl/N-ethyl adjacent to an activating group) is 1. The molecule has 1 aromatic carbocycles. The average Bonchev–Trinajstić information content (AvgIpc) is 2.70. The highest BCUT2D eigenvalue weighted by atomic mass is 19.4. The van der Waals surface area contributed by atoms with Gasteiger partial charge in [-0.3, -0.25) is 9.59 Å². The van der Waals surface area contributed by atoms with E-state index in [1.54, 1.807) is 13.8 Å². The molecule has 1 amide bonds. The van der Waals surface area contributed by atoms with Crippen molar-refractivity contribution < 1.29 is 23.1 Å². The summed E-state index contributed by atoms with van der Waals surface area (Å²) in [7, 11) is 0. The van der Waals surface area contributed by atoms with Crippen molar-refractivity contribution in [2.24, 2.45) is 0 Å². The molecule has 0 radical (unpaired) electrons. The number of rotatable bonds is 5. The molecule has 1 saturated heterocycles. The molecule has 2 heterocycles. The van der Waals surface area contributed by atoms with Gasteiger partial charge < -0.3 is 15.3 Å². The van der Waals surface area contributed by atoms with Crippen LogP contribution in [0.15, 0.2) is 23.0 Å². The average molecular weight is 440 g/mol. The first-order valence-corrected chi connectivity index (χ1v) is 10.3. The number of alkyl halides is 3. The van der Waals surface area contributed by atoms with Crippen molar-refractivity contribution in [2.75, 3.05) is 19.6 Å². The molecule has 2 aromatic rings. The zero-order chi connectivity index (χ0) is 22.9. The molecule has 7 nitrogen and oxygen atoms in total. The number of benzene rings is 1. The number of nitrogens with one attached hydrogen (secondary N) is 1. The fourth-order valence-corrected chi connectivity index (χ4v) is 3.86. The van der Waals surface area contributed by atoms with Gasteiger partial charge in [0.15, 0.2) is 0 Å². The van der Waals surface area contributed by atoms with E-state index in [0.717, 1.165) is 36.0 Å². The lowest BCUT2D eigenvalue weighted by molar-refractivity contribution is -0.137. The molecule has 1 aliphatic heterocycles. The zero-order valence-corrected chi connectivity index (χ0v) is 17.7. The van der Waals surface area contributed by atoms with Crippen molar-refractivity contribution in [3.05, 3.63) is 39.8 Å². The summed E-state index contributed by atoms with van der Waals surface area (Å²) in [6.45, 7) is 7.13. The van der Waals surface area contributed by atoms with E-state index in [9.17, 15) is 27.9 Å². The quantitative estimate of drug-likeness (QED) is 0.744. The molecule has 2 atom stereocenters. The van der Waals surface area contributed by atoms with E-state index < -0.39 is 35.4 Å². The van der Waals surface area contributed by atoms with E-state index in [1.165, 1.54) is 0 Å². The van der Waals surface area contributed by atoms with Gasteiger partial charge in [-0.05, 0) is 37.1 Å². The maximum Gasteiger partial charge on any atom is 0.416 e. The molecular formula is C21H27F3N4O3. The molecule has 0 bridgehead atoms. The molecule has 1 aromatic heterocycles. The Labute approximate surface area is 177 Å². The standard InChI is InChI=1S/C21H27F3N4O3/c1-4-27-8-7-16(17(29)10-27)25-18(30)11-28-20(31)14-6-5-13(21(22,23)24)9-15(14)19(26-28)12(2)3/h5-6,9,12,16-17,29H,4,7-8,10-11H2,1-3H3,(H,25,30)/t16-,17?/m0/s1. The first kappa shape index (κ1) is 23.2. The third-order valence-corrected chi connectivity index (χ3v) is 5.62. The Morgan fingerprint density at radius 1 is 1.32 bits per heavy atom. The summed E-state index contributed by atoms with van der Waals surface area (Å²) in [5, 5.41) is 17.4. The maximum atomic E-state index is 13.1. The van der Waals surface area contributed by atoms with Crippen molar-refractivity contribution in [1.29, 1.82) is 0 Å². The van der Waals surface area contributed by atoms with E-state index in [2.05, 4.69) is 15.3 Å². The largest absolute Gasteiger partial charge is 0.416 e. The topological polar surface area (TPSA) is 87.5 Å². The van der Waals surface area contributed by atoms with Crippen LogP contribution in [0.2, 0.25) is 0 Å². The van der Waals surface area contributed by atoms with Crippen LogP contribution in [0.1, 0.15) is 44.4 Å². The van der Waals surface area contributed by atoms with Gasteiger partial charge in [-0.25, -0.2) is 4.68 Å². The van der Waals surface area contributed by atoms with Crippen LogP contribution in [-0.2, 0) is 17.5 Å². The molecule has 31 heavy (non-hydrogen) atoms. The Kier molecular flexibility index (Phi) is 6.70. The van der Waals surface area contributed by atoms with Crippen molar-refractivity contribution in [3.8, 4) is 0 Å². The molecule has 1 fully saturated rings. The summed E-state index contributed by atoms with van der Waals surface area (Å²) in [6.07, 6.45) is -4.67. The van der Waals surface area contributed by atoms with Crippen molar-refractivity contribution in [2.45, 2.75) is 58.0 Å². The lowest BCUT2D eigenvalue weighted by Crippen LogP contribution is -2.54. The van der Waals surface area contributed by atoms with E-state index in [4.69, 9.17) is 0 Å². The van der Waals surface area contributed by atoms with Gasteiger partial charge in [0, 0.05) is 18.5 Å². The number of aromatic nitrogens is 2. The van der Waals surface area contributed by atoms with Crippen molar-refractivity contribution in [1.82, 2.24) is 20.0 Å². The first-order valence-electron chi connectivity index (χ1n) is 10.3. The number of fused-ring (bicyclic) bond motifs is 1. The number of amides is 1. The van der Waals surface area contributed by atoms with Gasteiger partial charge in [-0.1, -0.05) is 20.8 Å². The fourth-order valence-electron chi connectivity index (χ4n) is 3.86. The smallest absolute Gasteiger partial charge is 0.390 e. The number of nitrogens with zero attached hydrogens (tertiary/aromatic N) is 3. The van der Waals surface area contributed by atoms with Crippen LogP contribution in [0.3, 0.4) is 0 Å². The number of aliphatic hydroxyl groups excluding tert-OH is 1. The minimum absolute atomic E-state index is 0.0794. The summed E-state index contributed by atoms with van der Waals surface area (Å²) in [4.78, 5) is 27.4. The summed E-state index contributed by atoms with van der Waals surface area (Å²) < 4.78 is 40.3. The molecule has 0 saturated carbocycles. The van der Waals surface area contributed by atoms with Crippen LogP contribution in [0.5, 0.6) is 0 Å². The van der Waals surface area contributed by atoms with Crippen molar-refractivity contribution >= 4 is 16.7 Å². The molecule has 2 N–H and O–H groups in total. The third-order valence-electron chi connectivity index (χ3n) is 5.62. The van der Waals surface area contributed by atoms with Gasteiger partial charge in [0.25, 0.3) is 5.56 Å². The minimum atomic E-state index is -4.54. The summed E-state index contributed by atoms with van der Waals surface area (Å²) in [6, 6.07) is 2.50. The predicted octanol–water partition coefficient (Wildman–Crippen LogP) is 2.11. The number of carbonyl (C=O) groups is 1. The van der Waals surface area contributed by atoms with Gasteiger partial charge in [0.2, 0.25) is 5.91 Å². The molecule has 10 heteroatoms. The summed E-state index contributed by atoms with van der Waals surface area (Å²) in [5.41, 5.74) is -1.18. The number of aliphatic hydroxyl groups is 1. The Morgan fingerprint density at radius 3 is 2.61 bits per heavy atom. The van der Waals surface area contributed by atoms with E-state index in [-0.39, 0.29) is 23.2 Å². The highest BCUT2D eigenvalue weighted by molar-refractivity contribution is 5.85. The minimum Gasteiger partial charge on any atom is -0.390 e. The molecule has 3 rings (SSSR count). The normalized spacial score (nSPS) is 20.4. The number of hydrogen-bond donors (Lipinski definition) is 2. The number of carbonyl (C=O) groups excluding carboxylic acids is 1. The van der Waals surface area contributed by atoms with Gasteiger partial charge in [-0.2, -0.15) is 18.3 Å². The van der Waals surface area contributed by atoms with E-state index >= 15 is 0 Å². The Balaban J connectivity index is 1.88. The monoisotopic (exact) mass is 440 g/mol. The first-order chi connectivity index (χ1) is 14.5. The van der Waals surface area contributed by atoms with Crippen LogP contribution < -0.4 is 10.9 Å². The van der Waals surface area contributed by atoms with Crippen molar-refractivity contribution in [3.63, 3.8) is 0 Å². The number of β-amino-alcohol motifs (C(OH)–C–C–N with tert-alkyl or cyclic N) is 1. The Morgan fingerprint density at radius 2 is 2.03 bits per heavy atom. The van der Waals surface area contributed by atoms with Crippen LogP contribution in [-0.4, -0.2) is 57.5 Å². The van der Waals surface area contributed by atoms with Crippen LogP contribution in [0, 0.1) is 0 Å². The molecular weight excluding hydrogens is 413 g/mol. The van der Waals surface area contributed by atoms with Gasteiger partial charge >= 0.3 is 6.18 Å². The van der Waals surface area contributed by atoms with Gasteiger partial charge in [-0.15, -0.1) is 0 Å². The number of halogens is 3. The predicted molar refractivity (Wildman–Crippen MR) is 110 cm³/mol. The highest BCUT2D eigenvalue weighted by Crippen LogP contribution is 2.32. The maximum absolute atomic E-state index is 13.1. The Bertz CT molecular complexity index is 1020. The number of piperidine rings is 1. The second kappa shape index (κ2) is 8.96. The third kappa shape index (κ3) is 5.07. The molecule has 170 valence electrons. The molecule has 1 aliphatic rings. The fraction of sp³-hybridized carbons (Fsp3) is 0.571. The number of likely N-dealkylation sites (tertiary alicyclic amines) is 1. The van der Waals surface area contributed by atoms with Crippen LogP contribution in [0.25, 0.3) is 10.8 Å². The second-order valence-electron chi connectivity index (χ2n) is 8.18. The van der Waals surface area contributed by atoms with Gasteiger partial charge in [0.1, 0.15) is 6.54 Å². The van der Waals surface area contributed by atoms with Crippen LogP contribution in [0.4, 0.5) is 13.2 Å². The van der Waals surface area contributed by atoms with Crippen LogP contribution >= 0.6 is 0 Å². The summed E-state index contributed by atoms with van der Waals surface area (Å²) in [5.74, 6) is -0.745. The lowest BCUT2D eigenvalue weighted by atomic mass is 10.0. The van der Waals surface area contributed by atoms with Gasteiger partial charge in [0.05, 0.1) is 28.8 Å². The SMILES string of the molecule is CCN1CC[C@H](NC(=O)Cn2nc(C(C)C)c3cc(C(F)(F)F)ccc3c2=O)C(O)C1. The van der Waals surface area contributed by atoms with E-state index in [0.29, 0.717) is 18.7 Å².